The van der Waals surface area contributed by atoms with Crippen LogP contribution in [-0.4, -0.2) is 51.7 Å². The van der Waals surface area contributed by atoms with Crippen molar-refractivity contribution in [1.29, 1.82) is 5.26 Å². The van der Waals surface area contributed by atoms with E-state index in [0.29, 0.717) is 13.0 Å². The number of carboxylic acid groups (broad SMARTS) is 1. The van der Waals surface area contributed by atoms with Crippen molar-refractivity contribution in [3.8, 4) is 6.07 Å². The Hall–Kier alpha value is -3.06. The fraction of sp³-hybridized carbons (Fsp3) is 0.421. The topological polar surface area (TPSA) is 123 Å². The number of carboxylic acids is 1. The van der Waals surface area contributed by atoms with Crippen molar-refractivity contribution < 1.29 is 27.9 Å². The number of benzene rings is 1. The minimum atomic E-state index is -5.08. The molecule has 0 radical (unpaired) electrons. The first kappa shape index (κ1) is 22.2. The highest BCUT2D eigenvalue weighted by Gasteiger charge is 2.38. The van der Waals surface area contributed by atoms with Crippen LogP contribution in [0.5, 0.6) is 0 Å². The molecule has 3 rings (SSSR count). The number of alkyl halides is 3. The Kier molecular flexibility index (Phi) is 6.87. The molecule has 0 spiro atoms. The number of rotatable bonds is 3. The van der Waals surface area contributed by atoms with Gasteiger partial charge in [0.15, 0.2) is 0 Å². The number of hydrogen-bond acceptors (Lipinski definition) is 4. The number of likely N-dealkylation sites (tertiary alicyclic amines) is 1. The first-order valence-electron chi connectivity index (χ1n) is 8.87. The molecule has 7 nitrogen and oxygen atoms in total. The zero-order valence-corrected chi connectivity index (χ0v) is 15.7. The molecule has 1 aliphatic rings. The second-order valence-corrected chi connectivity index (χ2v) is 6.80. The SMILES string of the molecule is Cc1ccc2[nH]cc(CC(N)C(=O)N3CCC[C@H]3C#N)c2c1.O=C(O)C(F)(F)F. The number of nitrogens with zero attached hydrogens (tertiary/aromatic N) is 2. The lowest BCUT2D eigenvalue weighted by atomic mass is 10.0. The first-order valence-corrected chi connectivity index (χ1v) is 8.87. The first-order chi connectivity index (χ1) is 13.5. The van der Waals surface area contributed by atoms with E-state index < -0.39 is 18.2 Å². The Labute approximate surface area is 164 Å². The average molecular weight is 410 g/mol. The van der Waals surface area contributed by atoms with Gasteiger partial charge in [-0.3, -0.25) is 4.79 Å². The summed E-state index contributed by atoms with van der Waals surface area (Å²) in [5.41, 5.74) is 9.40. The van der Waals surface area contributed by atoms with E-state index in [1.54, 1.807) is 4.90 Å². The van der Waals surface area contributed by atoms with Gasteiger partial charge in [-0.25, -0.2) is 4.79 Å². The third kappa shape index (κ3) is 5.48. The highest BCUT2D eigenvalue weighted by molar-refractivity contribution is 5.87. The summed E-state index contributed by atoms with van der Waals surface area (Å²) in [7, 11) is 0. The molecular formula is C19H21F3N4O3. The van der Waals surface area contributed by atoms with Gasteiger partial charge in [0.2, 0.25) is 5.91 Å². The Balaban J connectivity index is 0.000000370. The maximum Gasteiger partial charge on any atom is 0.490 e. The fourth-order valence-electron chi connectivity index (χ4n) is 3.16. The highest BCUT2D eigenvalue weighted by atomic mass is 19.4. The van der Waals surface area contributed by atoms with Gasteiger partial charge in [0.25, 0.3) is 0 Å². The van der Waals surface area contributed by atoms with Gasteiger partial charge in [-0.1, -0.05) is 11.6 Å². The van der Waals surface area contributed by atoms with Crippen molar-refractivity contribution in [3.63, 3.8) is 0 Å². The standard InChI is InChI=1S/C17H20N4O.C2HF3O2/c1-11-4-5-16-14(7-11)12(10-20-16)8-15(19)17(22)21-6-2-3-13(21)9-18;3-2(4,5)1(6)7/h4-5,7,10,13,15,20H,2-3,6,8,19H2,1H3;(H,6,7)/t13-,15?;/m0./s1. The second kappa shape index (κ2) is 8.96. The lowest BCUT2D eigenvalue weighted by Gasteiger charge is -2.23. The van der Waals surface area contributed by atoms with Crippen LogP contribution >= 0.6 is 0 Å². The molecule has 0 bridgehead atoms. The van der Waals surface area contributed by atoms with E-state index in [2.05, 4.69) is 23.2 Å². The molecule has 156 valence electrons. The number of hydrogen-bond donors (Lipinski definition) is 3. The molecule has 29 heavy (non-hydrogen) atoms. The summed E-state index contributed by atoms with van der Waals surface area (Å²) in [6, 6.07) is 7.46. The van der Waals surface area contributed by atoms with E-state index in [1.165, 1.54) is 5.56 Å². The molecule has 1 aromatic heterocycles. The molecule has 2 heterocycles. The molecule has 10 heteroatoms. The quantitative estimate of drug-likeness (QED) is 0.717. The summed E-state index contributed by atoms with van der Waals surface area (Å²) in [6.07, 6.45) is -1.05. The molecule has 2 aromatic rings. The number of aromatic nitrogens is 1. The van der Waals surface area contributed by atoms with E-state index in [1.807, 2.05) is 19.2 Å². The number of nitrogens with two attached hydrogens (primary N) is 1. The summed E-state index contributed by atoms with van der Waals surface area (Å²) in [5, 5.41) is 17.3. The van der Waals surface area contributed by atoms with E-state index in [4.69, 9.17) is 20.9 Å². The number of aryl methyl sites for hydroxylation is 1. The lowest BCUT2D eigenvalue weighted by molar-refractivity contribution is -0.192. The normalized spacial score (nSPS) is 17.4. The summed E-state index contributed by atoms with van der Waals surface area (Å²) in [5.74, 6) is -2.88. The van der Waals surface area contributed by atoms with E-state index >= 15 is 0 Å². The summed E-state index contributed by atoms with van der Waals surface area (Å²) >= 11 is 0. The van der Waals surface area contributed by atoms with Crippen LogP contribution in [0.15, 0.2) is 24.4 Å². The van der Waals surface area contributed by atoms with Gasteiger partial charge >= 0.3 is 12.1 Å². The van der Waals surface area contributed by atoms with Crippen LogP contribution in [0.3, 0.4) is 0 Å². The van der Waals surface area contributed by atoms with Gasteiger partial charge in [0.05, 0.1) is 12.1 Å². The maximum absolute atomic E-state index is 12.5. The molecule has 1 unspecified atom stereocenters. The Morgan fingerprint density at radius 3 is 2.69 bits per heavy atom. The van der Waals surface area contributed by atoms with Crippen LogP contribution in [0, 0.1) is 18.3 Å². The summed E-state index contributed by atoms with van der Waals surface area (Å²) in [4.78, 5) is 26.2. The predicted molar refractivity (Wildman–Crippen MR) is 98.8 cm³/mol. The van der Waals surface area contributed by atoms with E-state index in [0.717, 1.165) is 29.3 Å². The minimum Gasteiger partial charge on any atom is -0.475 e. The van der Waals surface area contributed by atoms with Crippen LogP contribution in [0.4, 0.5) is 13.2 Å². The Bertz CT molecular complexity index is 933. The van der Waals surface area contributed by atoms with Crippen molar-refractivity contribution in [2.24, 2.45) is 5.73 Å². The number of carbonyl (C=O) groups excluding carboxylic acids is 1. The number of H-pyrrole nitrogens is 1. The van der Waals surface area contributed by atoms with Crippen molar-refractivity contribution >= 4 is 22.8 Å². The molecule has 1 amide bonds. The third-order valence-electron chi connectivity index (χ3n) is 4.61. The second-order valence-electron chi connectivity index (χ2n) is 6.80. The highest BCUT2D eigenvalue weighted by Crippen LogP contribution is 2.22. The zero-order valence-electron chi connectivity index (χ0n) is 15.7. The molecule has 0 saturated carbocycles. The van der Waals surface area contributed by atoms with Crippen LogP contribution in [0.1, 0.15) is 24.0 Å². The number of carbonyl (C=O) groups is 2. The van der Waals surface area contributed by atoms with Crippen molar-refractivity contribution in [1.82, 2.24) is 9.88 Å². The molecule has 0 aliphatic carbocycles. The average Bonchev–Trinajstić information content (AvgIpc) is 3.27. The van der Waals surface area contributed by atoms with Gasteiger partial charge in [-0.2, -0.15) is 18.4 Å². The number of fused-ring (bicyclic) bond motifs is 1. The zero-order chi connectivity index (χ0) is 21.8. The number of halogens is 3. The van der Waals surface area contributed by atoms with Gasteiger partial charge in [0, 0.05) is 23.6 Å². The van der Waals surface area contributed by atoms with Gasteiger partial charge in [0.1, 0.15) is 6.04 Å². The fourth-order valence-corrected chi connectivity index (χ4v) is 3.16. The molecule has 1 fully saturated rings. The van der Waals surface area contributed by atoms with E-state index in [-0.39, 0.29) is 11.9 Å². The smallest absolute Gasteiger partial charge is 0.475 e. The van der Waals surface area contributed by atoms with Gasteiger partial charge in [-0.15, -0.1) is 0 Å². The van der Waals surface area contributed by atoms with E-state index in [9.17, 15) is 18.0 Å². The number of amides is 1. The summed E-state index contributed by atoms with van der Waals surface area (Å²) < 4.78 is 31.7. The monoisotopic (exact) mass is 410 g/mol. The summed E-state index contributed by atoms with van der Waals surface area (Å²) in [6.45, 7) is 2.68. The Morgan fingerprint density at radius 2 is 2.10 bits per heavy atom. The number of aromatic amines is 1. The van der Waals surface area contributed by atoms with Gasteiger partial charge < -0.3 is 20.7 Å². The maximum atomic E-state index is 12.5. The van der Waals surface area contributed by atoms with Crippen LogP contribution < -0.4 is 5.73 Å². The molecular weight excluding hydrogens is 389 g/mol. The molecule has 2 atom stereocenters. The molecule has 1 aromatic carbocycles. The number of nitriles is 1. The Morgan fingerprint density at radius 1 is 1.45 bits per heavy atom. The largest absolute Gasteiger partial charge is 0.490 e. The minimum absolute atomic E-state index is 0.119. The van der Waals surface area contributed by atoms with Gasteiger partial charge in [-0.05, 0) is 43.9 Å². The lowest BCUT2D eigenvalue weighted by Crippen LogP contribution is -2.46. The molecule has 1 aliphatic heterocycles. The van der Waals surface area contributed by atoms with Crippen LogP contribution in [-0.2, 0) is 16.0 Å². The molecule has 4 N–H and O–H groups in total. The predicted octanol–water partition coefficient (Wildman–Crippen LogP) is 2.49. The number of aliphatic carboxylic acids is 1. The van der Waals surface area contributed by atoms with Crippen molar-refractivity contribution in [2.75, 3.05) is 6.54 Å². The van der Waals surface area contributed by atoms with Crippen molar-refractivity contribution in [3.05, 3.63) is 35.5 Å². The van der Waals surface area contributed by atoms with Crippen molar-refractivity contribution in [2.45, 2.75) is 44.4 Å². The molecule has 1 saturated heterocycles. The van der Waals surface area contributed by atoms with Crippen LogP contribution in [0.25, 0.3) is 10.9 Å². The third-order valence-corrected chi connectivity index (χ3v) is 4.61. The number of nitrogens with one attached hydrogen (secondary N) is 1. The van der Waals surface area contributed by atoms with Crippen LogP contribution in [0.2, 0.25) is 0 Å².